The Hall–Kier alpha value is -3.86. The third-order valence-corrected chi connectivity index (χ3v) is 9.28. The van der Waals surface area contributed by atoms with Gasteiger partial charge in [-0.1, -0.05) is 84.9 Å². The highest BCUT2D eigenvalue weighted by Crippen LogP contribution is 2.45. The summed E-state index contributed by atoms with van der Waals surface area (Å²) >= 11 is 8.77. The van der Waals surface area contributed by atoms with E-state index in [-0.39, 0.29) is 16.5 Å². The lowest BCUT2D eigenvalue weighted by Gasteiger charge is -2.24. The van der Waals surface area contributed by atoms with E-state index in [0.717, 1.165) is 12.0 Å². The largest absolute Gasteiger partial charge is 0.507 e. The van der Waals surface area contributed by atoms with Gasteiger partial charge >= 0.3 is 5.91 Å². The molecule has 1 N–H and O–H groups in total. The lowest BCUT2D eigenvalue weighted by Crippen LogP contribution is -2.29. The Bertz CT molecular complexity index is 1660. The standard InChI is InChI=1S/C33H32ClN3O5S2/c1-4-41-26-18-23(12-15-25(26)42-17-16-20(2)3)28-27(29(38)22-10-13-24(34)14-11-22)30(39)31(40)37(28)32-35-36-33(44-32)43-19-21-8-6-5-7-9-21/h5-15,18,20,28,38H,4,16-17,19H2,1-3H3. The van der Waals surface area contributed by atoms with Gasteiger partial charge in [0, 0.05) is 16.3 Å². The third-order valence-electron chi connectivity index (χ3n) is 6.91. The number of anilines is 1. The van der Waals surface area contributed by atoms with Crippen molar-refractivity contribution in [2.75, 3.05) is 18.1 Å². The zero-order chi connectivity index (χ0) is 31.2. The molecule has 4 aromatic rings. The fraction of sp³-hybridized carbons (Fsp3) is 0.273. The van der Waals surface area contributed by atoms with Crippen LogP contribution in [0.1, 0.15) is 49.9 Å². The molecule has 0 spiro atoms. The summed E-state index contributed by atoms with van der Waals surface area (Å²) in [6, 6.07) is 20.7. The van der Waals surface area contributed by atoms with Crippen molar-refractivity contribution >= 4 is 57.3 Å². The molecule has 1 atom stereocenters. The summed E-state index contributed by atoms with van der Waals surface area (Å²) in [5, 5.41) is 20.8. The number of aliphatic hydroxyl groups is 1. The molecular weight excluding hydrogens is 618 g/mol. The molecule has 44 heavy (non-hydrogen) atoms. The molecule has 228 valence electrons. The maximum Gasteiger partial charge on any atom is 0.301 e. The summed E-state index contributed by atoms with van der Waals surface area (Å²) in [4.78, 5) is 28.6. The number of Topliss-reactive ketones (excluding diaryl/α,β-unsaturated/α-hetero) is 1. The fourth-order valence-electron chi connectivity index (χ4n) is 4.67. The predicted molar refractivity (Wildman–Crippen MR) is 175 cm³/mol. The van der Waals surface area contributed by atoms with Crippen LogP contribution >= 0.6 is 34.7 Å². The number of benzene rings is 3. The number of hydrogen-bond acceptors (Lipinski definition) is 9. The lowest BCUT2D eigenvalue weighted by molar-refractivity contribution is -0.132. The summed E-state index contributed by atoms with van der Waals surface area (Å²) in [6.45, 7) is 7.01. The topological polar surface area (TPSA) is 102 Å². The Morgan fingerprint density at radius 2 is 1.77 bits per heavy atom. The first-order chi connectivity index (χ1) is 21.3. The second kappa shape index (κ2) is 14.3. The summed E-state index contributed by atoms with van der Waals surface area (Å²) in [7, 11) is 0. The van der Waals surface area contributed by atoms with Crippen LogP contribution in [0.25, 0.3) is 5.76 Å². The molecule has 1 aliphatic heterocycles. The fourth-order valence-corrected chi connectivity index (χ4v) is 6.62. The predicted octanol–water partition coefficient (Wildman–Crippen LogP) is 7.93. The van der Waals surface area contributed by atoms with Crippen LogP contribution in [0.2, 0.25) is 5.02 Å². The smallest absolute Gasteiger partial charge is 0.301 e. The summed E-state index contributed by atoms with van der Waals surface area (Å²) in [6.07, 6.45) is 0.871. The second-order valence-corrected chi connectivity index (χ2v) is 13.1. The SMILES string of the molecule is CCOc1cc(C2C(=C(O)c3ccc(Cl)cc3)C(=O)C(=O)N2c2nnc(SCc3ccccc3)s2)ccc1OCCC(C)C. The van der Waals surface area contributed by atoms with Crippen LogP contribution < -0.4 is 14.4 Å². The molecule has 0 saturated carbocycles. The van der Waals surface area contributed by atoms with Gasteiger partial charge in [0.05, 0.1) is 24.8 Å². The molecule has 1 fully saturated rings. The number of carbonyl (C=O) groups is 2. The van der Waals surface area contributed by atoms with E-state index in [4.69, 9.17) is 21.1 Å². The summed E-state index contributed by atoms with van der Waals surface area (Å²) in [5.74, 6) is 0.224. The van der Waals surface area contributed by atoms with Crippen molar-refractivity contribution < 1.29 is 24.2 Å². The van der Waals surface area contributed by atoms with Crippen LogP contribution in [0, 0.1) is 5.92 Å². The van der Waals surface area contributed by atoms with Gasteiger partial charge < -0.3 is 14.6 Å². The van der Waals surface area contributed by atoms with Crippen molar-refractivity contribution in [3.8, 4) is 11.5 Å². The van der Waals surface area contributed by atoms with E-state index in [2.05, 4.69) is 24.0 Å². The van der Waals surface area contributed by atoms with Gasteiger partial charge in [0.25, 0.3) is 5.78 Å². The van der Waals surface area contributed by atoms with Crippen LogP contribution in [0.5, 0.6) is 11.5 Å². The number of carbonyl (C=O) groups excluding carboxylic acids is 2. The highest BCUT2D eigenvalue weighted by atomic mass is 35.5. The van der Waals surface area contributed by atoms with Crippen molar-refractivity contribution in [3.05, 3.63) is 100 Å². The molecular formula is C33H32ClN3O5S2. The van der Waals surface area contributed by atoms with Gasteiger partial charge in [0.2, 0.25) is 5.13 Å². The Balaban J connectivity index is 1.56. The first kappa shape index (κ1) is 31.6. The van der Waals surface area contributed by atoms with E-state index in [0.29, 0.717) is 56.9 Å². The van der Waals surface area contributed by atoms with Crippen LogP contribution in [0.4, 0.5) is 5.13 Å². The number of aromatic nitrogens is 2. The number of thioether (sulfide) groups is 1. The minimum atomic E-state index is -0.991. The molecule has 1 amide bonds. The highest BCUT2D eigenvalue weighted by molar-refractivity contribution is 8.00. The number of rotatable bonds is 12. The Morgan fingerprint density at radius 1 is 1.02 bits per heavy atom. The molecule has 0 radical (unpaired) electrons. The van der Waals surface area contributed by atoms with Crippen molar-refractivity contribution in [2.24, 2.45) is 5.92 Å². The zero-order valence-electron chi connectivity index (χ0n) is 24.5. The van der Waals surface area contributed by atoms with E-state index >= 15 is 0 Å². The quantitative estimate of drug-likeness (QED) is 0.0543. The van der Waals surface area contributed by atoms with Crippen LogP contribution in [0.3, 0.4) is 0 Å². The molecule has 0 bridgehead atoms. The van der Waals surface area contributed by atoms with Gasteiger partial charge in [-0.2, -0.15) is 0 Å². The number of hydrogen-bond donors (Lipinski definition) is 1. The summed E-state index contributed by atoms with van der Waals surface area (Å²) < 4.78 is 12.6. The van der Waals surface area contributed by atoms with E-state index in [1.54, 1.807) is 42.5 Å². The second-order valence-electron chi connectivity index (χ2n) is 10.5. The maximum atomic E-state index is 13.6. The minimum Gasteiger partial charge on any atom is -0.507 e. The Morgan fingerprint density at radius 3 is 2.48 bits per heavy atom. The van der Waals surface area contributed by atoms with Crippen molar-refractivity contribution in [2.45, 2.75) is 43.3 Å². The normalized spacial score (nSPS) is 16.1. The molecule has 1 aromatic heterocycles. The molecule has 8 nitrogen and oxygen atoms in total. The van der Waals surface area contributed by atoms with Crippen molar-refractivity contribution in [1.29, 1.82) is 0 Å². The average molecular weight is 650 g/mol. The third kappa shape index (κ3) is 7.09. The van der Waals surface area contributed by atoms with Gasteiger partial charge in [0.15, 0.2) is 15.8 Å². The number of amides is 1. The maximum absolute atomic E-state index is 13.6. The molecule has 11 heteroatoms. The molecule has 1 aliphatic rings. The van der Waals surface area contributed by atoms with E-state index in [1.165, 1.54) is 28.0 Å². The van der Waals surface area contributed by atoms with Crippen LogP contribution in [-0.2, 0) is 15.3 Å². The number of ether oxygens (including phenoxy) is 2. The Kier molecular flexibility index (Phi) is 10.2. The van der Waals surface area contributed by atoms with E-state index in [1.807, 2.05) is 37.3 Å². The summed E-state index contributed by atoms with van der Waals surface area (Å²) in [5.41, 5.74) is 1.96. The minimum absolute atomic E-state index is 0.0677. The molecule has 2 heterocycles. The molecule has 1 unspecified atom stereocenters. The van der Waals surface area contributed by atoms with Crippen LogP contribution in [-0.4, -0.2) is 40.2 Å². The number of ketones is 1. The van der Waals surface area contributed by atoms with Gasteiger partial charge in [-0.15, -0.1) is 10.2 Å². The average Bonchev–Trinajstić information content (AvgIpc) is 3.59. The zero-order valence-corrected chi connectivity index (χ0v) is 26.9. The first-order valence-corrected chi connectivity index (χ1v) is 16.4. The number of aliphatic hydroxyl groups excluding tert-OH is 1. The number of halogens is 1. The van der Waals surface area contributed by atoms with Crippen LogP contribution in [0.15, 0.2) is 82.7 Å². The van der Waals surface area contributed by atoms with Gasteiger partial charge in [0.1, 0.15) is 5.76 Å². The van der Waals surface area contributed by atoms with Gasteiger partial charge in [-0.05, 0) is 66.8 Å². The monoisotopic (exact) mass is 649 g/mol. The first-order valence-electron chi connectivity index (χ1n) is 14.2. The highest BCUT2D eigenvalue weighted by Gasteiger charge is 2.48. The van der Waals surface area contributed by atoms with E-state index < -0.39 is 17.7 Å². The molecule has 3 aromatic carbocycles. The Labute approximate surface area is 269 Å². The lowest BCUT2D eigenvalue weighted by atomic mass is 9.95. The van der Waals surface area contributed by atoms with E-state index in [9.17, 15) is 14.7 Å². The van der Waals surface area contributed by atoms with Gasteiger partial charge in [-0.3, -0.25) is 14.5 Å². The molecule has 0 aliphatic carbocycles. The number of nitrogens with zero attached hydrogens (tertiary/aromatic N) is 3. The molecule has 5 rings (SSSR count). The molecule has 1 saturated heterocycles. The van der Waals surface area contributed by atoms with Gasteiger partial charge in [-0.25, -0.2) is 0 Å². The van der Waals surface area contributed by atoms with Crippen molar-refractivity contribution in [3.63, 3.8) is 0 Å². The van der Waals surface area contributed by atoms with Crippen molar-refractivity contribution in [1.82, 2.24) is 10.2 Å².